The summed E-state index contributed by atoms with van der Waals surface area (Å²) >= 11 is 5.29. The van der Waals surface area contributed by atoms with Crippen LogP contribution in [0.1, 0.15) is 11.4 Å². The fraction of sp³-hybridized carbons (Fsp3) is 0.222. The average molecular weight is 416 g/mol. The van der Waals surface area contributed by atoms with E-state index < -0.39 is 0 Å². The molecule has 0 atom stereocenters. The summed E-state index contributed by atoms with van der Waals surface area (Å²) in [5.74, 6) is 0. The van der Waals surface area contributed by atoms with Gasteiger partial charge in [-0.15, -0.1) is 0 Å². The summed E-state index contributed by atoms with van der Waals surface area (Å²) in [6, 6.07) is 5.75. The number of hydrogen-bond donors (Lipinski definition) is 0. The number of thiol groups is 1. The SMILES string of the molecule is CSC(=[SH+])[N-]N=Cc1cccc(C)n1.[Cl][Rh][Cl].[OH-]. The first-order valence-corrected chi connectivity index (χ1v) is 10.1. The van der Waals surface area contributed by atoms with Crippen molar-refractivity contribution < 1.29 is 20.6 Å². The van der Waals surface area contributed by atoms with Gasteiger partial charge in [-0.2, -0.15) is 0 Å². The standard InChI is InChI=1S/C9H11N3S2.2ClH.H2O.Rh/c1-7-4-3-5-8(11-7)6-10-12-9(13)14-2;;;;/h3-6H,1-2H3,(H,11,12,13);2*1H;1H2;/q;;;;+2/p-3. The minimum absolute atomic E-state index is 0. The number of rotatable bonds is 2. The molecule has 0 aliphatic carbocycles. The Kier molecular flexibility index (Phi) is 15.6. The summed E-state index contributed by atoms with van der Waals surface area (Å²) in [6.07, 6.45) is 3.51. The van der Waals surface area contributed by atoms with E-state index in [0.29, 0.717) is 4.32 Å². The molecule has 0 aliphatic rings. The topological polar surface area (TPSA) is 69.3 Å². The molecule has 0 saturated carbocycles. The molecule has 1 aromatic heterocycles. The van der Waals surface area contributed by atoms with Gasteiger partial charge in [0, 0.05) is 11.9 Å². The molecule has 1 heterocycles. The second-order valence-corrected chi connectivity index (χ2v) is 6.59. The Bertz CT molecular complexity index is 383. The van der Waals surface area contributed by atoms with Crippen LogP contribution < -0.4 is 0 Å². The van der Waals surface area contributed by atoms with Crippen molar-refractivity contribution in [1.82, 2.24) is 4.98 Å². The van der Waals surface area contributed by atoms with Gasteiger partial charge in [0.2, 0.25) is 0 Å². The maximum atomic E-state index is 4.83. The fourth-order valence-electron chi connectivity index (χ4n) is 0.814. The third kappa shape index (κ3) is 11.3. The number of halogens is 2. The quantitative estimate of drug-likeness (QED) is 0.186. The summed E-state index contributed by atoms with van der Waals surface area (Å²) in [4.78, 5) is 4.25. The molecule has 1 aromatic rings. The summed E-state index contributed by atoms with van der Waals surface area (Å²) in [5.41, 5.74) is 5.61. The maximum Gasteiger partial charge on any atom is -0.870 e. The molecule has 0 aliphatic heterocycles. The van der Waals surface area contributed by atoms with E-state index in [0.717, 1.165) is 11.4 Å². The van der Waals surface area contributed by atoms with E-state index in [2.05, 4.69) is 27.7 Å². The van der Waals surface area contributed by atoms with Gasteiger partial charge in [0.15, 0.2) is 16.5 Å². The second-order valence-electron chi connectivity index (χ2n) is 2.58. The molecule has 0 amide bonds. The number of pyridine rings is 1. The van der Waals surface area contributed by atoms with Gasteiger partial charge in [0.25, 0.3) is 0 Å². The Balaban J connectivity index is 0. The van der Waals surface area contributed by atoms with Gasteiger partial charge in [-0.25, -0.2) is 0 Å². The zero-order valence-corrected chi connectivity index (χ0v) is 14.4. The third-order valence-corrected chi connectivity index (χ3v) is 2.51. The van der Waals surface area contributed by atoms with Gasteiger partial charge in [0.05, 0.1) is 5.69 Å². The molecular formula is C9H12Cl2N3ORhS2-. The Morgan fingerprint density at radius 3 is 2.67 bits per heavy atom. The van der Waals surface area contributed by atoms with E-state index >= 15 is 0 Å². The molecule has 0 spiro atoms. The smallest absolute Gasteiger partial charge is 0.870 e. The van der Waals surface area contributed by atoms with Crippen LogP contribution in [0.15, 0.2) is 23.3 Å². The van der Waals surface area contributed by atoms with Crippen LogP contribution in [0.25, 0.3) is 5.43 Å². The zero-order chi connectivity index (χ0) is 13.1. The minimum atomic E-state index is -0.226. The summed E-state index contributed by atoms with van der Waals surface area (Å²) < 4.78 is 0.633. The van der Waals surface area contributed by atoms with Crippen LogP contribution in [-0.2, 0) is 27.4 Å². The number of nitrogens with zero attached hydrogens (tertiary/aromatic N) is 3. The van der Waals surface area contributed by atoms with Gasteiger partial charge in [-0.05, 0) is 25.3 Å². The number of thioether (sulfide) groups is 1. The van der Waals surface area contributed by atoms with E-state index in [9.17, 15) is 0 Å². The van der Waals surface area contributed by atoms with Crippen LogP contribution in [-0.4, -0.2) is 27.3 Å². The van der Waals surface area contributed by atoms with Gasteiger partial charge in [-0.1, -0.05) is 17.8 Å². The molecule has 0 saturated heterocycles. The summed E-state index contributed by atoms with van der Waals surface area (Å²) in [5, 5.41) is 3.86. The molecule has 4 nitrogen and oxygen atoms in total. The van der Waals surface area contributed by atoms with E-state index in [4.69, 9.17) is 19.4 Å². The number of aryl methyl sites for hydroxylation is 1. The Morgan fingerprint density at radius 2 is 2.17 bits per heavy atom. The fourth-order valence-corrected chi connectivity index (χ4v) is 0.995. The second kappa shape index (κ2) is 13.7. The van der Waals surface area contributed by atoms with E-state index in [1.165, 1.54) is 11.8 Å². The van der Waals surface area contributed by atoms with E-state index in [1.54, 1.807) is 6.21 Å². The van der Waals surface area contributed by atoms with Crippen molar-refractivity contribution >= 4 is 53.9 Å². The first-order chi connectivity index (χ1) is 8.13. The van der Waals surface area contributed by atoms with E-state index in [-0.39, 0.29) is 20.6 Å². The number of aromatic nitrogens is 1. The van der Waals surface area contributed by atoms with Crippen molar-refractivity contribution in [2.24, 2.45) is 5.10 Å². The maximum absolute atomic E-state index is 4.83. The van der Waals surface area contributed by atoms with Crippen molar-refractivity contribution in [3.8, 4) is 0 Å². The van der Waals surface area contributed by atoms with Crippen LogP contribution in [0.2, 0.25) is 0 Å². The molecule has 9 heteroatoms. The van der Waals surface area contributed by atoms with Gasteiger partial charge in [-0.3, -0.25) is 4.98 Å². The zero-order valence-electron chi connectivity index (χ0n) is 9.54. The Labute approximate surface area is 132 Å². The van der Waals surface area contributed by atoms with Crippen molar-refractivity contribution in [2.75, 3.05) is 6.26 Å². The normalized spacial score (nSPS) is 9.33. The molecule has 1 N–H and O–H groups in total. The first kappa shape index (κ1) is 20.5. The van der Waals surface area contributed by atoms with Crippen molar-refractivity contribution in [3.05, 3.63) is 35.0 Å². The van der Waals surface area contributed by atoms with Crippen molar-refractivity contribution in [1.29, 1.82) is 0 Å². The molecule has 0 aromatic carbocycles. The third-order valence-electron chi connectivity index (χ3n) is 1.43. The largest absolute Gasteiger partial charge is 0.870 e. The van der Waals surface area contributed by atoms with Crippen molar-refractivity contribution in [3.63, 3.8) is 0 Å². The average Bonchev–Trinajstić information content (AvgIpc) is 2.30. The minimum Gasteiger partial charge on any atom is -0.870 e. The van der Waals surface area contributed by atoms with Crippen LogP contribution in [0, 0.1) is 6.92 Å². The first-order valence-electron chi connectivity index (χ1n) is 4.25. The molecule has 0 unspecified atom stereocenters. The molecule has 0 fully saturated rings. The van der Waals surface area contributed by atoms with Crippen LogP contribution in [0.5, 0.6) is 0 Å². The molecule has 1 rings (SSSR count). The molecule has 0 radical (unpaired) electrons. The predicted molar refractivity (Wildman–Crippen MR) is 80.9 cm³/mol. The van der Waals surface area contributed by atoms with Crippen molar-refractivity contribution in [2.45, 2.75) is 6.92 Å². The Morgan fingerprint density at radius 1 is 1.56 bits per heavy atom. The molecular weight excluding hydrogens is 404 g/mol. The molecule has 105 valence electrons. The van der Waals surface area contributed by atoms with Gasteiger partial charge < -0.3 is 16.0 Å². The molecule has 0 bridgehead atoms. The monoisotopic (exact) mass is 415 g/mol. The predicted octanol–water partition coefficient (Wildman–Crippen LogP) is 3.03. The van der Waals surface area contributed by atoms with E-state index in [1.807, 2.05) is 31.4 Å². The van der Waals surface area contributed by atoms with Crippen LogP contribution in [0.3, 0.4) is 0 Å². The number of hydrogen-bond acceptors (Lipinski definition) is 4. The Hall–Kier alpha value is 0.223. The molecule has 18 heavy (non-hydrogen) atoms. The van der Waals surface area contributed by atoms with Gasteiger partial charge >= 0.3 is 34.5 Å². The summed E-state index contributed by atoms with van der Waals surface area (Å²) in [7, 11) is 9.67. The van der Waals surface area contributed by atoms with Crippen LogP contribution >= 0.6 is 31.1 Å². The van der Waals surface area contributed by atoms with Crippen LogP contribution in [0.4, 0.5) is 0 Å². The van der Waals surface area contributed by atoms with Gasteiger partial charge in [0.1, 0.15) is 0 Å². The summed E-state index contributed by atoms with van der Waals surface area (Å²) in [6.45, 7) is 1.94.